The van der Waals surface area contributed by atoms with E-state index in [1.807, 2.05) is 0 Å². The highest BCUT2D eigenvalue weighted by atomic mass is 16.3. The van der Waals surface area contributed by atoms with Gasteiger partial charge in [-0.2, -0.15) is 0 Å². The van der Waals surface area contributed by atoms with Gasteiger partial charge in [0.05, 0.1) is 12.2 Å². The Bertz CT molecular complexity index is 113. The molecule has 11 heavy (non-hydrogen) atoms. The second kappa shape index (κ2) is 3.49. The van der Waals surface area contributed by atoms with E-state index in [2.05, 4.69) is 0 Å². The van der Waals surface area contributed by atoms with E-state index in [4.69, 9.17) is 10.8 Å². The van der Waals surface area contributed by atoms with Crippen LogP contribution < -0.4 is 5.73 Å². The van der Waals surface area contributed by atoms with E-state index in [1.54, 1.807) is 0 Å². The summed E-state index contributed by atoms with van der Waals surface area (Å²) in [6, 6.07) is 0. The van der Waals surface area contributed by atoms with Crippen molar-refractivity contribution in [2.45, 2.75) is 18.6 Å². The van der Waals surface area contributed by atoms with Crippen LogP contribution in [0.5, 0.6) is 0 Å². The fourth-order valence-electron chi connectivity index (χ4n) is 1.64. The normalized spacial score (nSPS) is 44.7. The minimum Gasteiger partial charge on any atom is -0.396 e. The molecule has 66 valence electrons. The summed E-state index contributed by atoms with van der Waals surface area (Å²) in [4.78, 5) is 0. The Morgan fingerprint density at radius 3 is 2.00 bits per heavy atom. The molecule has 0 saturated heterocycles. The zero-order chi connectivity index (χ0) is 8.43. The average molecular weight is 161 g/mol. The predicted molar refractivity (Wildman–Crippen MR) is 39.8 cm³/mol. The van der Waals surface area contributed by atoms with Gasteiger partial charge in [0.15, 0.2) is 0 Å². The van der Waals surface area contributed by atoms with Gasteiger partial charge in [-0.1, -0.05) is 0 Å². The summed E-state index contributed by atoms with van der Waals surface area (Å²) in [7, 11) is 0. The van der Waals surface area contributed by atoms with E-state index in [9.17, 15) is 10.2 Å². The van der Waals surface area contributed by atoms with Crippen molar-refractivity contribution in [3.63, 3.8) is 0 Å². The Balaban J connectivity index is 2.53. The fourth-order valence-corrected chi connectivity index (χ4v) is 1.64. The Labute approximate surface area is 65.6 Å². The van der Waals surface area contributed by atoms with Crippen LogP contribution in [-0.4, -0.2) is 40.7 Å². The zero-order valence-electron chi connectivity index (χ0n) is 6.35. The van der Waals surface area contributed by atoms with Crippen molar-refractivity contribution in [2.75, 3.05) is 13.2 Å². The van der Waals surface area contributed by atoms with Gasteiger partial charge in [-0.3, -0.25) is 0 Å². The van der Waals surface area contributed by atoms with Crippen LogP contribution >= 0.6 is 0 Å². The van der Waals surface area contributed by atoms with Crippen molar-refractivity contribution in [3.8, 4) is 0 Å². The first-order valence-electron chi connectivity index (χ1n) is 3.87. The van der Waals surface area contributed by atoms with E-state index in [-0.39, 0.29) is 18.4 Å². The predicted octanol–water partition coefficient (Wildman–Crippen LogP) is -1.70. The number of aliphatic hydroxyl groups excluding tert-OH is 3. The Morgan fingerprint density at radius 1 is 1.18 bits per heavy atom. The maximum atomic E-state index is 9.32. The molecule has 0 aliphatic heterocycles. The Kier molecular flexibility index (Phi) is 2.84. The molecule has 1 fully saturated rings. The molecule has 0 radical (unpaired) electrons. The highest BCUT2D eigenvalue weighted by Gasteiger charge is 2.39. The third kappa shape index (κ3) is 1.54. The maximum absolute atomic E-state index is 9.32. The fraction of sp³-hybridized carbons (Fsp3) is 1.00. The van der Waals surface area contributed by atoms with E-state index >= 15 is 0 Å². The van der Waals surface area contributed by atoms with Crippen molar-refractivity contribution >= 4 is 0 Å². The number of hydrogen-bond acceptors (Lipinski definition) is 4. The molecule has 1 rings (SSSR count). The first-order valence-corrected chi connectivity index (χ1v) is 3.87. The summed E-state index contributed by atoms with van der Waals surface area (Å²) in [5.41, 5.74) is 5.35. The lowest BCUT2D eigenvalue weighted by atomic mass is 10.1. The van der Waals surface area contributed by atoms with Crippen molar-refractivity contribution < 1.29 is 15.3 Å². The Hall–Kier alpha value is -0.160. The van der Waals surface area contributed by atoms with Crippen molar-refractivity contribution in [1.29, 1.82) is 0 Å². The third-order valence-electron chi connectivity index (χ3n) is 2.46. The molecule has 0 bridgehead atoms. The molecule has 0 aromatic rings. The topological polar surface area (TPSA) is 86.7 Å². The molecule has 0 spiro atoms. The average Bonchev–Trinajstić information content (AvgIpc) is 2.30. The first kappa shape index (κ1) is 8.93. The molecule has 1 aliphatic rings. The van der Waals surface area contributed by atoms with Crippen LogP contribution in [0.25, 0.3) is 0 Å². The van der Waals surface area contributed by atoms with Crippen LogP contribution in [0.4, 0.5) is 0 Å². The third-order valence-corrected chi connectivity index (χ3v) is 2.46. The molecule has 1 aliphatic carbocycles. The van der Waals surface area contributed by atoms with E-state index < -0.39 is 12.2 Å². The highest BCUT2D eigenvalue weighted by Crippen LogP contribution is 2.30. The Morgan fingerprint density at radius 2 is 1.73 bits per heavy atom. The number of aliphatic hydroxyl groups is 3. The summed E-state index contributed by atoms with van der Waals surface area (Å²) in [5, 5.41) is 27.4. The summed E-state index contributed by atoms with van der Waals surface area (Å²) in [5.74, 6) is -0.249. The van der Waals surface area contributed by atoms with Gasteiger partial charge >= 0.3 is 0 Å². The van der Waals surface area contributed by atoms with Gasteiger partial charge in [0.25, 0.3) is 0 Å². The minimum absolute atomic E-state index is 0.0536. The van der Waals surface area contributed by atoms with Gasteiger partial charge in [0.2, 0.25) is 0 Å². The highest BCUT2D eigenvalue weighted by molar-refractivity contribution is 4.90. The van der Waals surface area contributed by atoms with Gasteiger partial charge in [0.1, 0.15) is 0 Å². The largest absolute Gasteiger partial charge is 0.396 e. The molecular weight excluding hydrogens is 146 g/mol. The zero-order valence-corrected chi connectivity index (χ0v) is 6.35. The second-order valence-electron chi connectivity index (χ2n) is 3.16. The molecule has 5 N–H and O–H groups in total. The summed E-state index contributed by atoms with van der Waals surface area (Å²) >= 11 is 0. The molecule has 1 saturated carbocycles. The number of nitrogens with two attached hydrogens (primary N) is 1. The van der Waals surface area contributed by atoms with E-state index in [0.717, 1.165) is 0 Å². The molecular formula is C7H15NO3. The van der Waals surface area contributed by atoms with Crippen molar-refractivity contribution in [2.24, 2.45) is 17.6 Å². The summed E-state index contributed by atoms with van der Waals surface area (Å²) in [6.45, 7) is 0.295. The lowest BCUT2D eigenvalue weighted by Crippen LogP contribution is -2.31. The van der Waals surface area contributed by atoms with Crippen LogP contribution in [0.15, 0.2) is 0 Å². The van der Waals surface area contributed by atoms with Crippen LogP contribution in [-0.2, 0) is 0 Å². The molecule has 0 aromatic carbocycles. The van der Waals surface area contributed by atoms with Crippen molar-refractivity contribution in [3.05, 3.63) is 0 Å². The SMILES string of the molecule is NC[C@H]1C[C@@H](CO)[C@@H](O)[C@@H]1O. The molecule has 0 heterocycles. The van der Waals surface area contributed by atoms with Gasteiger partial charge in [-0.15, -0.1) is 0 Å². The number of hydrogen-bond donors (Lipinski definition) is 4. The maximum Gasteiger partial charge on any atom is 0.0852 e. The summed E-state index contributed by atoms with van der Waals surface area (Å²) in [6.07, 6.45) is -0.930. The smallest absolute Gasteiger partial charge is 0.0852 e. The van der Waals surface area contributed by atoms with Gasteiger partial charge in [0, 0.05) is 18.4 Å². The van der Waals surface area contributed by atoms with Crippen LogP contribution in [0, 0.1) is 11.8 Å². The van der Waals surface area contributed by atoms with Crippen LogP contribution in [0.2, 0.25) is 0 Å². The standard InChI is InChI=1S/C7H15NO3/c8-2-4-1-5(3-9)7(11)6(4)10/h4-7,9-11H,1-3,8H2/t4-,5+,6-,7-/m1/s1. The first-order chi connectivity index (χ1) is 5.20. The van der Waals surface area contributed by atoms with Gasteiger partial charge in [-0.25, -0.2) is 0 Å². The van der Waals surface area contributed by atoms with E-state index in [0.29, 0.717) is 13.0 Å². The lowest BCUT2D eigenvalue weighted by Gasteiger charge is -2.14. The van der Waals surface area contributed by atoms with Crippen molar-refractivity contribution in [1.82, 2.24) is 0 Å². The quantitative estimate of drug-likeness (QED) is 0.388. The summed E-state index contributed by atoms with van der Waals surface area (Å²) < 4.78 is 0. The minimum atomic E-state index is -0.798. The molecule has 4 heteroatoms. The lowest BCUT2D eigenvalue weighted by molar-refractivity contribution is -0.00476. The molecule has 0 amide bonds. The van der Waals surface area contributed by atoms with Gasteiger partial charge < -0.3 is 21.1 Å². The van der Waals surface area contributed by atoms with Crippen LogP contribution in [0.3, 0.4) is 0 Å². The molecule has 0 unspecified atom stereocenters. The molecule has 0 aromatic heterocycles. The van der Waals surface area contributed by atoms with Crippen LogP contribution in [0.1, 0.15) is 6.42 Å². The van der Waals surface area contributed by atoms with Gasteiger partial charge in [-0.05, 0) is 13.0 Å². The van der Waals surface area contributed by atoms with E-state index in [1.165, 1.54) is 0 Å². The molecule has 4 nitrogen and oxygen atoms in total. The molecule has 4 atom stereocenters. The second-order valence-corrected chi connectivity index (χ2v) is 3.16. The number of rotatable bonds is 2. The monoisotopic (exact) mass is 161 g/mol.